The van der Waals surface area contributed by atoms with Crippen molar-refractivity contribution >= 4 is 0 Å². The molecule has 4 heteroatoms. The van der Waals surface area contributed by atoms with Crippen molar-refractivity contribution in [3.8, 4) is 0 Å². The predicted octanol–water partition coefficient (Wildman–Crippen LogP) is 1.03. The maximum absolute atomic E-state index is 5.44. The Labute approximate surface area is 71.0 Å². The van der Waals surface area contributed by atoms with E-state index in [9.17, 15) is 0 Å². The SMILES string of the molecule is Cc1ncnc(C2CCCO2)n1. The van der Waals surface area contributed by atoms with Crippen LogP contribution in [0.15, 0.2) is 6.33 Å². The van der Waals surface area contributed by atoms with E-state index in [1.54, 1.807) is 6.33 Å². The third-order valence-electron chi connectivity index (χ3n) is 1.93. The lowest BCUT2D eigenvalue weighted by Crippen LogP contribution is -2.04. The Morgan fingerprint density at radius 3 is 3.08 bits per heavy atom. The molecule has 1 aliphatic heterocycles. The van der Waals surface area contributed by atoms with Crippen molar-refractivity contribution in [2.75, 3.05) is 6.61 Å². The summed E-state index contributed by atoms with van der Waals surface area (Å²) in [4.78, 5) is 12.2. The van der Waals surface area contributed by atoms with E-state index >= 15 is 0 Å². The summed E-state index contributed by atoms with van der Waals surface area (Å²) in [6.45, 7) is 2.69. The van der Waals surface area contributed by atoms with E-state index in [0.29, 0.717) is 0 Å². The molecule has 0 aliphatic carbocycles. The maximum Gasteiger partial charge on any atom is 0.160 e. The lowest BCUT2D eigenvalue weighted by molar-refractivity contribution is 0.104. The first-order chi connectivity index (χ1) is 5.86. The second-order valence-corrected chi connectivity index (χ2v) is 2.89. The molecule has 2 heterocycles. The van der Waals surface area contributed by atoms with Gasteiger partial charge in [0, 0.05) is 6.61 Å². The van der Waals surface area contributed by atoms with Gasteiger partial charge in [-0.05, 0) is 19.8 Å². The van der Waals surface area contributed by atoms with E-state index in [2.05, 4.69) is 15.0 Å². The average Bonchev–Trinajstić information content (AvgIpc) is 2.56. The van der Waals surface area contributed by atoms with Gasteiger partial charge < -0.3 is 4.74 Å². The Morgan fingerprint density at radius 2 is 2.42 bits per heavy atom. The summed E-state index contributed by atoms with van der Waals surface area (Å²) in [5.74, 6) is 1.54. The molecule has 0 bridgehead atoms. The van der Waals surface area contributed by atoms with Crippen LogP contribution in [-0.2, 0) is 4.74 Å². The summed E-state index contributed by atoms with van der Waals surface area (Å²) < 4.78 is 5.44. The molecule has 0 saturated carbocycles. The van der Waals surface area contributed by atoms with Crippen LogP contribution in [0.3, 0.4) is 0 Å². The standard InChI is InChI=1S/C8H11N3O/c1-6-9-5-10-8(11-6)7-3-2-4-12-7/h5,7H,2-4H2,1H3. The number of nitrogens with zero attached hydrogens (tertiary/aromatic N) is 3. The second-order valence-electron chi connectivity index (χ2n) is 2.89. The summed E-state index contributed by atoms with van der Waals surface area (Å²) in [5.41, 5.74) is 0. The van der Waals surface area contributed by atoms with Crippen LogP contribution in [0.5, 0.6) is 0 Å². The second kappa shape index (κ2) is 3.15. The topological polar surface area (TPSA) is 47.9 Å². The van der Waals surface area contributed by atoms with Gasteiger partial charge in [-0.1, -0.05) is 0 Å². The molecule has 0 spiro atoms. The zero-order valence-electron chi connectivity index (χ0n) is 7.03. The van der Waals surface area contributed by atoms with E-state index < -0.39 is 0 Å². The van der Waals surface area contributed by atoms with Gasteiger partial charge in [0.05, 0.1) is 0 Å². The van der Waals surface area contributed by atoms with Gasteiger partial charge in [-0.2, -0.15) is 0 Å². The zero-order valence-corrected chi connectivity index (χ0v) is 7.03. The van der Waals surface area contributed by atoms with Crippen LogP contribution in [0.25, 0.3) is 0 Å². The summed E-state index contributed by atoms with van der Waals surface area (Å²) in [6, 6.07) is 0. The lowest BCUT2D eigenvalue weighted by Gasteiger charge is -2.06. The van der Waals surface area contributed by atoms with Gasteiger partial charge in [0.1, 0.15) is 18.3 Å². The van der Waals surface area contributed by atoms with Gasteiger partial charge >= 0.3 is 0 Å². The average molecular weight is 165 g/mol. The molecular formula is C8H11N3O. The third kappa shape index (κ3) is 1.43. The fraction of sp³-hybridized carbons (Fsp3) is 0.625. The summed E-state index contributed by atoms with van der Waals surface area (Å²) >= 11 is 0. The summed E-state index contributed by atoms with van der Waals surface area (Å²) in [6.07, 6.45) is 3.78. The van der Waals surface area contributed by atoms with Crippen LogP contribution in [0.1, 0.15) is 30.6 Å². The van der Waals surface area contributed by atoms with Crippen LogP contribution >= 0.6 is 0 Å². The normalized spacial score (nSPS) is 22.9. The zero-order chi connectivity index (χ0) is 8.39. The van der Waals surface area contributed by atoms with E-state index in [1.807, 2.05) is 6.92 Å². The Bertz CT molecular complexity index is 271. The number of aryl methyl sites for hydroxylation is 1. The highest BCUT2D eigenvalue weighted by Gasteiger charge is 2.20. The minimum absolute atomic E-state index is 0.103. The fourth-order valence-electron chi connectivity index (χ4n) is 1.33. The largest absolute Gasteiger partial charge is 0.370 e. The minimum atomic E-state index is 0.103. The highest BCUT2D eigenvalue weighted by Crippen LogP contribution is 2.24. The van der Waals surface area contributed by atoms with Crippen LogP contribution in [-0.4, -0.2) is 21.6 Å². The molecule has 1 fully saturated rings. The molecule has 0 radical (unpaired) electrons. The van der Waals surface area contributed by atoms with Crippen molar-refractivity contribution in [3.63, 3.8) is 0 Å². The van der Waals surface area contributed by atoms with Gasteiger partial charge in [0.15, 0.2) is 5.82 Å². The monoisotopic (exact) mass is 165 g/mol. The Balaban J connectivity index is 2.21. The van der Waals surface area contributed by atoms with Gasteiger partial charge in [-0.25, -0.2) is 15.0 Å². The van der Waals surface area contributed by atoms with E-state index in [-0.39, 0.29) is 6.10 Å². The van der Waals surface area contributed by atoms with Crippen LogP contribution in [0.4, 0.5) is 0 Å². The Morgan fingerprint density at radius 1 is 1.50 bits per heavy atom. The van der Waals surface area contributed by atoms with Crippen molar-refractivity contribution in [2.45, 2.75) is 25.9 Å². The molecule has 64 valence electrons. The number of ether oxygens (including phenoxy) is 1. The van der Waals surface area contributed by atoms with Crippen molar-refractivity contribution in [1.29, 1.82) is 0 Å². The van der Waals surface area contributed by atoms with Gasteiger partial charge in [-0.3, -0.25) is 0 Å². The highest BCUT2D eigenvalue weighted by molar-refractivity contribution is 4.94. The molecule has 1 atom stereocenters. The van der Waals surface area contributed by atoms with Crippen molar-refractivity contribution in [3.05, 3.63) is 18.0 Å². The number of hydrogen-bond acceptors (Lipinski definition) is 4. The van der Waals surface area contributed by atoms with Crippen LogP contribution in [0.2, 0.25) is 0 Å². The molecule has 0 aromatic carbocycles. The Hall–Kier alpha value is -1.03. The van der Waals surface area contributed by atoms with E-state index in [1.165, 1.54) is 0 Å². The van der Waals surface area contributed by atoms with Gasteiger partial charge in [0.2, 0.25) is 0 Å². The molecule has 1 aromatic heterocycles. The molecule has 0 amide bonds. The minimum Gasteiger partial charge on any atom is -0.370 e. The molecule has 12 heavy (non-hydrogen) atoms. The van der Waals surface area contributed by atoms with E-state index in [0.717, 1.165) is 31.1 Å². The molecule has 4 nitrogen and oxygen atoms in total. The quantitative estimate of drug-likeness (QED) is 0.623. The molecule has 2 rings (SSSR count). The highest BCUT2D eigenvalue weighted by atomic mass is 16.5. The molecule has 1 unspecified atom stereocenters. The maximum atomic E-state index is 5.44. The first-order valence-corrected chi connectivity index (χ1v) is 4.13. The lowest BCUT2D eigenvalue weighted by atomic mass is 10.2. The number of aromatic nitrogens is 3. The smallest absolute Gasteiger partial charge is 0.160 e. The van der Waals surface area contributed by atoms with Crippen molar-refractivity contribution < 1.29 is 4.74 Å². The first-order valence-electron chi connectivity index (χ1n) is 4.13. The molecule has 1 saturated heterocycles. The molecule has 1 aromatic rings. The predicted molar refractivity (Wildman–Crippen MR) is 42.5 cm³/mol. The first kappa shape index (κ1) is 7.61. The number of hydrogen-bond donors (Lipinski definition) is 0. The summed E-state index contributed by atoms with van der Waals surface area (Å²) in [7, 11) is 0. The number of rotatable bonds is 1. The van der Waals surface area contributed by atoms with E-state index in [4.69, 9.17) is 4.74 Å². The van der Waals surface area contributed by atoms with Crippen LogP contribution < -0.4 is 0 Å². The fourth-order valence-corrected chi connectivity index (χ4v) is 1.33. The summed E-state index contributed by atoms with van der Waals surface area (Å²) in [5, 5.41) is 0. The Kier molecular flexibility index (Phi) is 1.99. The third-order valence-corrected chi connectivity index (χ3v) is 1.93. The molecule has 1 aliphatic rings. The van der Waals surface area contributed by atoms with Crippen LogP contribution in [0, 0.1) is 6.92 Å². The van der Waals surface area contributed by atoms with Gasteiger partial charge in [-0.15, -0.1) is 0 Å². The van der Waals surface area contributed by atoms with Crippen molar-refractivity contribution in [2.24, 2.45) is 0 Å². The molecular weight excluding hydrogens is 154 g/mol. The molecule has 0 N–H and O–H groups in total. The van der Waals surface area contributed by atoms with Gasteiger partial charge in [0.25, 0.3) is 0 Å². The van der Waals surface area contributed by atoms with Crippen molar-refractivity contribution in [1.82, 2.24) is 15.0 Å².